The van der Waals surface area contributed by atoms with Crippen molar-refractivity contribution in [2.24, 2.45) is 11.8 Å². The van der Waals surface area contributed by atoms with Crippen LogP contribution in [0.2, 0.25) is 0 Å². The molecule has 2 unspecified atom stereocenters. The van der Waals surface area contributed by atoms with Crippen molar-refractivity contribution >= 4 is 0 Å². The van der Waals surface area contributed by atoms with E-state index < -0.39 is 11.9 Å². The fraction of sp³-hybridized carbons (Fsp3) is 1.00. The number of methoxy groups -OCH3 is 1. The zero-order valence-corrected chi connectivity index (χ0v) is 8.53. The summed E-state index contributed by atoms with van der Waals surface area (Å²) in [6.45, 7) is 7.32. The molecule has 12 heavy (non-hydrogen) atoms. The van der Waals surface area contributed by atoms with E-state index in [2.05, 4.69) is 0 Å². The molecule has 0 rings (SSSR count). The van der Waals surface area contributed by atoms with E-state index in [1.54, 1.807) is 0 Å². The molecule has 0 aromatic rings. The molecule has 0 aromatic carbocycles. The minimum Gasteiger partial charge on any atom is -0.387 e. The lowest BCUT2D eigenvalue weighted by atomic mass is 9.90. The highest BCUT2D eigenvalue weighted by atomic mass is 16.6. The monoisotopic (exact) mass is 176 g/mol. The lowest BCUT2D eigenvalue weighted by Gasteiger charge is -2.36. The van der Waals surface area contributed by atoms with Gasteiger partial charge in [-0.05, 0) is 5.92 Å². The number of rotatable bonds is 4. The molecule has 0 aromatic heterocycles. The maximum Gasteiger partial charge on any atom is 0.194 e. The van der Waals surface area contributed by atoms with Crippen LogP contribution in [0, 0.1) is 11.8 Å². The number of hydrogen-bond donors (Lipinski definition) is 2. The second-order valence-electron chi connectivity index (χ2n) is 3.80. The van der Waals surface area contributed by atoms with Gasteiger partial charge in [-0.2, -0.15) is 0 Å². The Bertz CT molecular complexity index is 134. The Morgan fingerprint density at radius 1 is 1.17 bits per heavy atom. The second kappa shape index (κ2) is 4.21. The quantitative estimate of drug-likeness (QED) is 0.628. The lowest BCUT2D eigenvalue weighted by Crippen LogP contribution is -2.51. The summed E-state index contributed by atoms with van der Waals surface area (Å²) in [5.74, 6) is -1.56. The van der Waals surface area contributed by atoms with Crippen molar-refractivity contribution in [3.05, 3.63) is 0 Å². The van der Waals surface area contributed by atoms with Crippen molar-refractivity contribution < 1.29 is 14.9 Å². The minimum atomic E-state index is -1.42. The molecule has 0 aliphatic carbocycles. The summed E-state index contributed by atoms with van der Waals surface area (Å²) in [4.78, 5) is 0. The molecule has 0 radical (unpaired) electrons. The second-order valence-corrected chi connectivity index (χ2v) is 3.80. The standard InChI is InChI=1S/C9H20O3/c1-6(2)8(10)9(11,12-5)7(3)4/h6-8,10-11H,1-5H3. The van der Waals surface area contributed by atoms with Crippen LogP contribution in [0.25, 0.3) is 0 Å². The Labute approximate surface area is 74.4 Å². The van der Waals surface area contributed by atoms with E-state index in [9.17, 15) is 10.2 Å². The third-order valence-corrected chi connectivity index (χ3v) is 2.21. The first kappa shape index (κ1) is 11.9. The van der Waals surface area contributed by atoms with Crippen LogP contribution in [0.4, 0.5) is 0 Å². The Morgan fingerprint density at radius 2 is 1.58 bits per heavy atom. The SMILES string of the molecule is COC(O)(C(C)C)C(O)C(C)C. The molecule has 0 aliphatic heterocycles. The molecule has 0 amide bonds. The molecule has 0 bridgehead atoms. The zero-order valence-electron chi connectivity index (χ0n) is 8.53. The van der Waals surface area contributed by atoms with Crippen LogP contribution in [0.3, 0.4) is 0 Å². The van der Waals surface area contributed by atoms with E-state index in [1.807, 2.05) is 27.7 Å². The van der Waals surface area contributed by atoms with Gasteiger partial charge in [-0.3, -0.25) is 0 Å². The van der Waals surface area contributed by atoms with Gasteiger partial charge in [0.05, 0.1) is 0 Å². The van der Waals surface area contributed by atoms with Crippen LogP contribution >= 0.6 is 0 Å². The number of ether oxygens (including phenoxy) is 1. The van der Waals surface area contributed by atoms with Crippen molar-refractivity contribution in [2.45, 2.75) is 39.6 Å². The van der Waals surface area contributed by atoms with Gasteiger partial charge in [-0.25, -0.2) is 0 Å². The summed E-state index contributed by atoms with van der Waals surface area (Å²) in [6, 6.07) is 0. The van der Waals surface area contributed by atoms with Crippen molar-refractivity contribution in [3.63, 3.8) is 0 Å². The number of hydrogen-bond acceptors (Lipinski definition) is 3. The Balaban J connectivity index is 4.51. The first-order chi connectivity index (χ1) is 5.36. The van der Waals surface area contributed by atoms with Crippen LogP contribution in [-0.2, 0) is 4.74 Å². The van der Waals surface area contributed by atoms with E-state index in [4.69, 9.17) is 4.74 Å². The van der Waals surface area contributed by atoms with E-state index in [0.717, 1.165) is 0 Å². The smallest absolute Gasteiger partial charge is 0.194 e. The molecule has 74 valence electrons. The Hall–Kier alpha value is -0.120. The van der Waals surface area contributed by atoms with Gasteiger partial charge in [-0.15, -0.1) is 0 Å². The molecule has 3 nitrogen and oxygen atoms in total. The van der Waals surface area contributed by atoms with E-state index in [1.165, 1.54) is 7.11 Å². The molecule has 2 atom stereocenters. The normalized spacial score (nSPS) is 19.8. The van der Waals surface area contributed by atoms with Gasteiger partial charge < -0.3 is 14.9 Å². The maximum absolute atomic E-state index is 9.86. The van der Waals surface area contributed by atoms with E-state index >= 15 is 0 Å². The molecule has 3 heteroatoms. The molecule has 0 heterocycles. The molecule has 0 fully saturated rings. The van der Waals surface area contributed by atoms with Gasteiger partial charge in [-0.1, -0.05) is 27.7 Å². The summed E-state index contributed by atoms with van der Waals surface area (Å²) < 4.78 is 4.93. The summed E-state index contributed by atoms with van der Waals surface area (Å²) >= 11 is 0. The molecule has 0 aliphatic rings. The van der Waals surface area contributed by atoms with E-state index in [-0.39, 0.29) is 11.8 Å². The molecule has 0 saturated carbocycles. The van der Waals surface area contributed by atoms with Crippen molar-refractivity contribution in [1.82, 2.24) is 0 Å². The summed E-state index contributed by atoms with van der Waals surface area (Å²) in [5, 5.41) is 19.5. The maximum atomic E-state index is 9.86. The molecule has 2 N–H and O–H groups in total. The van der Waals surface area contributed by atoms with Crippen molar-refractivity contribution in [3.8, 4) is 0 Å². The highest BCUT2D eigenvalue weighted by Crippen LogP contribution is 2.26. The van der Waals surface area contributed by atoms with Crippen LogP contribution in [0.1, 0.15) is 27.7 Å². The average Bonchev–Trinajstić information content (AvgIpc) is 2.01. The molecule has 0 spiro atoms. The predicted octanol–water partition coefficient (Wildman–Crippen LogP) is 0.994. The van der Waals surface area contributed by atoms with Gasteiger partial charge in [0.2, 0.25) is 0 Å². The summed E-state index contributed by atoms with van der Waals surface area (Å²) in [5.41, 5.74) is 0. The highest BCUT2D eigenvalue weighted by Gasteiger charge is 2.40. The van der Waals surface area contributed by atoms with Crippen LogP contribution < -0.4 is 0 Å². The fourth-order valence-electron chi connectivity index (χ4n) is 1.18. The highest BCUT2D eigenvalue weighted by molar-refractivity contribution is 4.82. The average molecular weight is 176 g/mol. The Kier molecular flexibility index (Phi) is 4.17. The van der Waals surface area contributed by atoms with Gasteiger partial charge in [0.25, 0.3) is 0 Å². The van der Waals surface area contributed by atoms with Crippen LogP contribution in [0.15, 0.2) is 0 Å². The minimum absolute atomic E-state index is 0.0163. The fourth-order valence-corrected chi connectivity index (χ4v) is 1.18. The van der Waals surface area contributed by atoms with Crippen molar-refractivity contribution in [1.29, 1.82) is 0 Å². The van der Waals surface area contributed by atoms with Gasteiger partial charge in [0.1, 0.15) is 6.10 Å². The Morgan fingerprint density at radius 3 is 1.67 bits per heavy atom. The van der Waals surface area contributed by atoms with Gasteiger partial charge >= 0.3 is 0 Å². The zero-order chi connectivity index (χ0) is 9.94. The number of aliphatic hydroxyl groups excluding tert-OH is 1. The van der Waals surface area contributed by atoms with Crippen LogP contribution in [0.5, 0.6) is 0 Å². The summed E-state index contributed by atoms with van der Waals surface area (Å²) in [6.07, 6.45) is -0.845. The first-order valence-corrected chi connectivity index (χ1v) is 4.31. The third-order valence-electron chi connectivity index (χ3n) is 2.21. The lowest BCUT2D eigenvalue weighted by molar-refractivity contribution is -0.275. The topological polar surface area (TPSA) is 49.7 Å². The molecule has 0 saturated heterocycles. The van der Waals surface area contributed by atoms with E-state index in [0.29, 0.717) is 0 Å². The first-order valence-electron chi connectivity index (χ1n) is 4.31. The molecular formula is C9H20O3. The number of aliphatic hydroxyl groups is 2. The van der Waals surface area contributed by atoms with Gasteiger partial charge in [0, 0.05) is 13.0 Å². The molecular weight excluding hydrogens is 156 g/mol. The predicted molar refractivity (Wildman–Crippen MR) is 47.6 cm³/mol. The third kappa shape index (κ3) is 2.19. The largest absolute Gasteiger partial charge is 0.387 e. The summed E-state index contributed by atoms with van der Waals surface area (Å²) in [7, 11) is 1.41. The van der Waals surface area contributed by atoms with Crippen molar-refractivity contribution in [2.75, 3.05) is 7.11 Å². The van der Waals surface area contributed by atoms with Crippen LogP contribution in [-0.4, -0.2) is 29.2 Å². The van der Waals surface area contributed by atoms with Gasteiger partial charge in [0.15, 0.2) is 5.79 Å².